The monoisotopic (exact) mass is 467 g/mol. The third kappa shape index (κ3) is 5.81. The number of hydrogen-bond acceptors (Lipinski definition) is 5. The van der Waals surface area contributed by atoms with Crippen molar-refractivity contribution in [3.05, 3.63) is 41.6 Å². The van der Waals surface area contributed by atoms with Crippen LogP contribution in [-0.2, 0) is 16.1 Å². The van der Waals surface area contributed by atoms with Gasteiger partial charge in [-0.25, -0.2) is 4.68 Å². The maximum absolute atomic E-state index is 13.7. The maximum atomic E-state index is 13.7. The highest BCUT2D eigenvalue weighted by molar-refractivity contribution is 5.79. The molecule has 0 atom stereocenters. The van der Waals surface area contributed by atoms with E-state index in [0.717, 1.165) is 69.2 Å². The lowest BCUT2D eigenvalue weighted by Gasteiger charge is -2.35. The molecule has 2 aromatic rings. The Morgan fingerprint density at radius 1 is 1.09 bits per heavy atom. The molecule has 7 nitrogen and oxygen atoms in total. The third-order valence-corrected chi connectivity index (χ3v) is 7.35. The van der Waals surface area contributed by atoms with E-state index in [-0.39, 0.29) is 5.92 Å². The van der Waals surface area contributed by atoms with Crippen LogP contribution in [0, 0.1) is 12.8 Å². The summed E-state index contributed by atoms with van der Waals surface area (Å²) in [5.41, 5.74) is 3.25. The molecule has 0 radical (unpaired) electrons. The highest BCUT2D eigenvalue weighted by Crippen LogP contribution is 2.31. The minimum Gasteiger partial charge on any atom is -0.385 e. The minimum atomic E-state index is 0.160. The van der Waals surface area contributed by atoms with Crippen molar-refractivity contribution < 1.29 is 9.53 Å². The SMILES string of the molecule is COCCCN(Cc1c(C)nn(-c2ccccc2)c1N1CCN(C)CC1)C(=O)C1CCCCC1. The summed E-state index contributed by atoms with van der Waals surface area (Å²) in [6.45, 7) is 8.06. The lowest BCUT2D eigenvalue weighted by molar-refractivity contribution is -0.137. The summed E-state index contributed by atoms with van der Waals surface area (Å²) >= 11 is 0. The van der Waals surface area contributed by atoms with E-state index in [1.807, 2.05) is 6.07 Å². The van der Waals surface area contributed by atoms with Gasteiger partial charge in [-0.15, -0.1) is 0 Å². The number of benzene rings is 1. The molecule has 1 saturated carbocycles. The Kier molecular flexibility index (Phi) is 8.62. The summed E-state index contributed by atoms with van der Waals surface area (Å²) in [6, 6.07) is 10.4. The number of nitrogens with zero attached hydrogens (tertiary/aromatic N) is 5. The van der Waals surface area contributed by atoms with Crippen molar-refractivity contribution in [2.45, 2.75) is 52.0 Å². The molecule has 1 aromatic carbocycles. The Bertz CT molecular complexity index is 915. The van der Waals surface area contributed by atoms with E-state index in [0.29, 0.717) is 19.1 Å². The Labute approximate surface area is 204 Å². The summed E-state index contributed by atoms with van der Waals surface area (Å²) in [5, 5.41) is 5.00. The van der Waals surface area contributed by atoms with E-state index < -0.39 is 0 Å². The fourth-order valence-electron chi connectivity index (χ4n) is 5.29. The summed E-state index contributed by atoms with van der Waals surface area (Å²) in [6.07, 6.45) is 6.48. The molecule has 2 aliphatic rings. The fourth-order valence-corrected chi connectivity index (χ4v) is 5.29. The van der Waals surface area contributed by atoms with Gasteiger partial charge in [0.05, 0.1) is 17.9 Å². The van der Waals surface area contributed by atoms with Crippen molar-refractivity contribution in [1.29, 1.82) is 0 Å². The van der Waals surface area contributed by atoms with Gasteiger partial charge in [0.15, 0.2) is 0 Å². The molecule has 0 spiro atoms. The van der Waals surface area contributed by atoms with Gasteiger partial charge >= 0.3 is 0 Å². The predicted molar refractivity (Wildman–Crippen MR) is 136 cm³/mol. The molecule has 0 unspecified atom stereocenters. The first kappa shape index (κ1) is 24.7. The molecule has 4 rings (SSSR count). The summed E-state index contributed by atoms with van der Waals surface area (Å²) in [5.74, 6) is 1.62. The van der Waals surface area contributed by atoms with Crippen LogP contribution in [0.4, 0.5) is 5.82 Å². The van der Waals surface area contributed by atoms with Gasteiger partial charge in [0.2, 0.25) is 5.91 Å². The third-order valence-electron chi connectivity index (χ3n) is 7.35. The zero-order chi connectivity index (χ0) is 23.9. The standard InChI is InChI=1S/C27H41N5O2/c1-22-25(21-31(15-10-20-34-3)27(33)23-11-6-4-7-12-23)26(30-18-16-29(2)17-19-30)32(28-22)24-13-8-5-9-14-24/h5,8-9,13-14,23H,4,6-7,10-12,15-21H2,1-3H3. The maximum Gasteiger partial charge on any atom is 0.225 e. The Morgan fingerprint density at radius 2 is 1.79 bits per heavy atom. The average Bonchev–Trinajstić information content (AvgIpc) is 3.20. The van der Waals surface area contributed by atoms with E-state index in [9.17, 15) is 4.79 Å². The number of rotatable bonds is 9. The molecule has 1 aliphatic carbocycles. The van der Waals surface area contributed by atoms with Gasteiger partial charge in [0.25, 0.3) is 0 Å². The molecule has 0 N–H and O–H groups in total. The quantitative estimate of drug-likeness (QED) is 0.524. The number of amides is 1. The number of aromatic nitrogens is 2. The Balaban J connectivity index is 1.67. The van der Waals surface area contributed by atoms with Crippen LogP contribution in [0.3, 0.4) is 0 Å². The second kappa shape index (κ2) is 11.8. The zero-order valence-corrected chi connectivity index (χ0v) is 21.2. The topological polar surface area (TPSA) is 53.8 Å². The van der Waals surface area contributed by atoms with E-state index in [2.05, 4.69) is 57.6 Å². The predicted octanol–water partition coefficient (Wildman–Crippen LogP) is 3.88. The van der Waals surface area contributed by atoms with Crippen LogP contribution in [0.15, 0.2) is 30.3 Å². The molecule has 0 bridgehead atoms. The first-order valence-electron chi connectivity index (χ1n) is 12.9. The van der Waals surface area contributed by atoms with E-state index in [1.165, 1.54) is 24.8 Å². The van der Waals surface area contributed by atoms with Gasteiger partial charge in [-0.05, 0) is 45.4 Å². The van der Waals surface area contributed by atoms with Crippen molar-refractivity contribution in [3.8, 4) is 5.69 Å². The highest BCUT2D eigenvalue weighted by atomic mass is 16.5. The number of hydrogen-bond donors (Lipinski definition) is 0. The number of aryl methyl sites for hydroxylation is 1. The molecule has 1 saturated heterocycles. The van der Waals surface area contributed by atoms with Crippen LogP contribution in [-0.4, -0.2) is 79.0 Å². The molecule has 2 fully saturated rings. The summed E-state index contributed by atoms with van der Waals surface area (Å²) in [7, 11) is 3.91. The normalized spacial score (nSPS) is 17.8. The van der Waals surface area contributed by atoms with Gasteiger partial charge < -0.3 is 19.4 Å². The number of carbonyl (C=O) groups excluding carboxylic acids is 1. The lowest BCUT2D eigenvalue weighted by Crippen LogP contribution is -2.46. The zero-order valence-electron chi connectivity index (χ0n) is 21.2. The minimum absolute atomic E-state index is 0.160. The Morgan fingerprint density at radius 3 is 2.47 bits per heavy atom. The number of methoxy groups -OCH3 is 1. The van der Waals surface area contributed by atoms with Crippen LogP contribution >= 0.6 is 0 Å². The number of piperazine rings is 1. The van der Waals surface area contributed by atoms with E-state index in [4.69, 9.17) is 9.84 Å². The molecular formula is C27H41N5O2. The van der Waals surface area contributed by atoms with Gasteiger partial charge in [-0.1, -0.05) is 37.5 Å². The molecule has 1 amide bonds. The second-order valence-corrected chi connectivity index (χ2v) is 9.87. The molecule has 2 heterocycles. The van der Waals surface area contributed by atoms with Gasteiger partial charge in [0, 0.05) is 57.9 Å². The van der Waals surface area contributed by atoms with Crippen molar-refractivity contribution in [2.24, 2.45) is 5.92 Å². The number of ether oxygens (including phenoxy) is 1. The number of carbonyl (C=O) groups is 1. The number of likely N-dealkylation sites (N-methyl/N-ethyl adjacent to an activating group) is 1. The molecule has 1 aromatic heterocycles. The average molecular weight is 468 g/mol. The van der Waals surface area contributed by atoms with Crippen molar-refractivity contribution in [3.63, 3.8) is 0 Å². The summed E-state index contributed by atoms with van der Waals surface area (Å²) in [4.78, 5) is 20.6. The second-order valence-electron chi connectivity index (χ2n) is 9.87. The smallest absolute Gasteiger partial charge is 0.225 e. The summed E-state index contributed by atoms with van der Waals surface area (Å²) < 4.78 is 7.41. The molecule has 34 heavy (non-hydrogen) atoms. The highest BCUT2D eigenvalue weighted by Gasteiger charge is 2.30. The van der Waals surface area contributed by atoms with Crippen molar-refractivity contribution in [1.82, 2.24) is 19.6 Å². The van der Waals surface area contributed by atoms with Gasteiger partial charge in [0.1, 0.15) is 5.82 Å². The van der Waals surface area contributed by atoms with Crippen LogP contribution in [0.5, 0.6) is 0 Å². The number of para-hydroxylation sites is 1. The first-order chi connectivity index (χ1) is 16.6. The largest absolute Gasteiger partial charge is 0.385 e. The molecule has 186 valence electrons. The van der Waals surface area contributed by atoms with Crippen LogP contribution in [0.2, 0.25) is 0 Å². The van der Waals surface area contributed by atoms with Crippen molar-refractivity contribution >= 4 is 11.7 Å². The van der Waals surface area contributed by atoms with Gasteiger partial charge in [-0.3, -0.25) is 4.79 Å². The van der Waals surface area contributed by atoms with E-state index >= 15 is 0 Å². The lowest BCUT2D eigenvalue weighted by atomic mass is 9.88. The van der Waals surface area contributed by atoms with Gasteiger partial charge in [-0.2, -0.15) is 5.10 Å². The number of anilines is 1. The Hall–Kier alpha value is -2.38. The van der Waals surface area contributed by atoms with Crippen LogP contribution in [0.25, 0.3) is 5.69 Å². The molecule has 7 heteroatoms. The fraction of sp³-hybridized carbons (Fsp3) is 0.630. The van der Waals surface area contributed by atoms with Crippen LogP contribution in [0.1, 0.15) is 49.8 Å². The first-order valence-corrected chi connectivity index (χ1v) is 12.9. The molecule has 1 aliphatic heterocycles. The molecular weight excluding hydrogens is 426 g/mol. The van der Waals surface area contributed by atoms with Crippen LogP contribution < -0.4 is 4.90 Å². The van der Waals surface area contributed by atoms with E-state index in [1.54, 1.807) is 7.11 Å². The van der Waals surface area contributed by atoms with Crippen molar-refractivity contribution in [2.75, 3.05) is 58.4 Å².